The third kappa shape index (κ3) is 3.73. The van der Waals surface area contributed by atoms with Crippen molar-refractivity contribution >= 4 is 22.9 Å². The topological polar surface area (TPSA) is 72.3 Å². The molecule has 0 saturated carbocycles. The van der Waals surface area contributed by atoms with Gasteiger partial charge in [-0.2, -0.15) is 0 Å². The minimum absolute atomic E-state index is 0.221. The number of carbonyl (C=O) groups excluding carboxylic acids is 1. The Morgan fingerprint density at radius 3 is 2.67 bits per heavy atom. The quantitative estimate of drug-likeness (QED) is 0.682. The molecule has 1 aromatic carbocycles. The molecule has 5 rings (SSSR count). The molecule has 3 aromatic rings. The molecule has 2 aromatic heterocycles. The Kier molecular flexibility index (Phi) is 5.04. The van der Waals surface area contributed by atoms with Gasteiger partial charge in [-0.1, -0.05) is 0 Å². The van der Waals surface area contributed by atoms with Crippen LogP contribution in [-0.4, -0.2) is 45.8 Å². The van der Waals surface area contributed by atoms with Crippen molar-refractivity contribution in [2.75, 3.05) is 25.5 Å². The third-order valence-corrected chi connectivity index (χ3v) is 7.05. The van der Waals surface area contributed by atoms with E-state index < -0.39 is 0 Å². The van der Waals surface area contributed by atoms with Crippen LogP contribution in [0, 0.1) is 18.8 Å². The Hall–Kier alpha value is -2.71. The molecule has 2 atom stereocenters. The highest BCUT2D eigenvalue weighted by molar-refractivity contribution is 7.11. The van der Waals surface area contributed by atoms with Crippen LogP contribution in [0.1, 0.15) is 26.2 Å². The molecule has 0 unspecified atom stereocenters. The van der Waals surface area contributed by atoms with Crippen molar-refractivity contribution in [3.63, 3.8) is 0 Å². The Labute approximate surface area is 179 Å². The maximum absolute atomic E-state index is 12.8. The van der Waals surface area contributed by atoms with Gasteiger partial charge in [-0.05, 0) is 55.2 Å². The smallest absolute Gasteiger partial charge is 0.293 e. The number of methoxy groups -OCH3 is 1. The zero-order chi connectivity index (χ0) is 20.7. The second-order valence-corrected chi connectivity index (χ2v) is 9.54. The number of carbonyl (C=O) groups is 1. The molecule has 0 spiro atoms. The highest BCUT2D eigenvalue weighted by atomic mass is 32.1. The lowest BCUT2D eigenvalue weighted by Gasteiger charge is -2.25. The average Bonchev–Trinajstić information content (AvgIpc) is 3.44. The molecule has 1 fully saturated rings. The molecule has 2 aliphatic rings. The van der Waals surface area contributed by atoms with Gasteiger partial charge >= 0.3 is 0 Å². The first-order valence-corrected chi connectivity index (χ1v) is 11.1. The molecule has 0 bridgehead atoms. The summed E-state index contributed by atoms with van der Waals surface area (Å²) >= 11 is 1.88. The van der Waals surface area contributed by atoms with Crippen LogP contribution in [0.25, 0.3) is 0 Å². The summed E-state index contributed by atoms with van der Waals surface area (Å²) in [6.07, 6.45) is 0.882. The average molecular weight is 424 g/mol. The fourth-order valence-corrected chi connectivity index (χ4v) is 5.50. The van der Waals surface area contributed by atoms with Crippen LogP contribution in [0.15, 0.2) is 36.4 Å². The van der Waals surface area contributed by atoms with Crippen LogP contribution in [0.5, 0.6) is 5.75 Å². The van der Waals surface area contributed by atoms with E-state index >= 15 is 0 Å². The number of nitrogens with zero attached hydrogens (tertiary/aromatic N) is 4. The molecule has 1 saturated heterocycles. The van der Waals surface area contributed by atoms with Crippen LogP contribution in [-0.2, 0) is 19.5 Å². The van der Waals surface area contributed by atoms with Crippen LogP contribution >= 0.6 is 11.3 Å². The number of rotatable bonds is 5. The molecule has 1 amide bonds. The lowest BCUT2D eigenvalue weighted by Crippen LogP contribution is -2.31. The van der Waals surface area contributed by atoms with Crippen molar-refractivity contribution in [3.05, 3.63) is 57.8 Å². The van der Waals surface area contributed by atoms with Crippen molar-refractivity contribution in [2.45, 2.75) is 26.4 Å². The fourth-order valence-electron chi connectivity index (χ4n) is 4.57. The predicted molar refractivity (Wildman–Crippen MR) is 116 cm³/mol. The lowest BCUT2D eigenvalue weighted by atomic mass is 9.89. The number of fused-ring (bicyclic) bond motifs is 2. The van der Waals surface area contributed by atoms with Crippen molar-refractivity contribution in [1.29, 1.82) is 0 Å². The maximum Gasteiger partial charge on any atom is 0.293 e. The van der Waals surface area contributed by atoms with E-state index in [9.17, 15) is 4.79 Å². The number of amides is 1. The summed E-state index contributed by atoms with van der Waals surface area (Å²) in [5.41, 5.74) is 0.713. The summed E-state index contributed by atoms with van der Waals surface area (Å²) < 4.78 is 7.18. The van der Waals surface area contributed by atoms with E-state index in [1.165, 1.54) is 9.75 Å². The molecule has 1 N–H and O–H groups in total. The summed E-state index contributed by atoms with van der Waals surface area (Å²) in [5, 5.41) is 11.5. The van der Waals surface area contributed by atoms with Gasteiger partial charge in [-0.3, -0.25) is 9.69 Å². The number of ether oxygens (including phenoxy) is 1. The molecule has 2 aliphatic heterocycles. The van der Waals surface area contributed by atoms with E-state index in [1.807, 2.05) is 40.2 Å². The minimum atomic E-state index is -0.221. The highest BCUT2D eigenvalue weighted by Gasteiger charge is 2.39. The highest BCUT2D eigenvalue weighted by Crippen LogP contribution is 2.34. The van der Waals surface area contributed by atoms with Gasteiger partial charge in [0.25, 0.3) is 5.91 Å². The van der Waals surface area contributed by atoms with Crippen LogP contribution in [0.2, 0.25) is 0 Å². The molecule has 7 nitrogen and oxygen atoms in total. The van der Waals surface area contributed by atoms with Gasteiger partial charge in [0.2, 0.25) is 5.82 Å². The first kappa shape index (κ1) is 19.3. The standard InChI is InChI=1S/C22H25N5O2S/c1-14-3-8-19(30-14)13-26-10-15-9-20-24-25-21(27(20)12-16(15)11-26)22(28)23-17-4-6-18(29-2)7-5-17/h3-8,15-16H,9-13H2,1-2H3,(H,23,28)/t15-,16+/m0/s1. The summed E-state index contributed by atoms with van der Waals surface area (Å²) in [6.45, 7) is 6.11. The Morgan fingerprint density at radius 2 is 1.93 bits per heavy atom. The van der Waals surface area contributed by atoms with Gasteiger partial charge in [-0.25, -0.2) is 0 Å². The Bertz CT molecular complexity index is 1060. The van der Waals surface area contributed by atoms with E-state index in [0.717, 1.165) is 44.2 Å². The number of aryl methyl sites for hydroxylation is 1. The van der Waals surface area contributed by atoms with Gasteiger partial charge in [0.15, 0.2) is 0 Å². The largest absolute Gasteiger partial charge is 0.497 e. The van der Waals surface area contributed by atoms with Crippen LogP contribution in [0.4, 0.5) is 5.69 Å². The number of nitrogens with one attached hydrogen (secondary N) is 1. The summed E-state index contributed by atoms with van der Waals surface area (Å²) in [4.78, 5) is 18.1. The van der Waals surface area contributed by atoms with E-state index in [4.69, 9.17) is 4.74 Å². The first-order valence-electron chi connectivity index (χ1n) is 10.2. The second-order valence-electron chi connectivity index (χ2n) is 8.16. The summed E-state index contributed by atoms with van der Waals surface area (Å²) in [6, 6.07) is 11.7. The van der Waals surface area contributed by atoms with Gasteiger partial charge < -0.3 is 14.6 Å². The zero-order valence-electron chi connectivity index (χ0n) is 17.2. The van der Waals surface area contributed by atoms with E-state index in [-0.39, 0.29) is 5.91 Å². The first-order chi connectivity index (χ1) is 14.6. The van der Waals surface area contributed by atoms with Gasteiger partial charge in [0, 0.05) is 48.0 Å². The van der Waals surface area contributed by atoms with Gasteiger partial charge in [0.05, 0.1) is 7.11 Å². The lowest BCUT2D eigenvalue weighted by molar-refractivity contribution is 0.100. The molecule has 4 heterocycles. The molecule has 0 radical (unpaired) electrons. The van der Waals surface area contributed by atoms with Gasteiger partial charge in [0.1, 0.15) is 11.6 Å². The number of hydrogen-bond acceptors (Lipinski definition) is 6. The fraction of sp³-hybridized carbons (Fsp3) is 0.409. The normalized spacial score (nSPS) is 20.6. The van der Waals surface area contributed by atoms with Crippen molar-refractivity contribution in [2.24, 2.45) is 11.8 Å². The summed E-state index contributed by atoms with van der Waals surface area (Å²) in [7, 11) is 1.62. The van der Waals surface area contributed by atoms with Crippen molar-refractivity contribution < 1.29 is 9.53 Å². The Balaban J connectivity index is 1.26. The zero-order valence-corrected chi connectivity index (χ0v) is 18.0. The number of aromatic nitrogens is 3. The van der Waals surface area contributed by atoms with Gasteiger partial charge in [-0.15, -0.1) is 21.5 Å². The predicted octanol–water partition coefficient (Wildman–Crippen LogP) is 3.21. The molecule has 156 valence electrons. The number of likely N-dealkylation sites (tertiary alicyclic amines) is 1. The SMILES string of the molecule is COc1ccc(NC(=O)c2nnc3n2C[C@H]2CN(Cc4ccc(C)s4)C[C@@H]2C3)cc1. The summed E-state index contributed by atoms with van der Waals surface area (Å²) in [5.74, 6) is 2.96. The van der Waals surface area contributed by atoms with E-state index in [1.54, 1.807) is 7.11 Å². The Morgan fingerprint density at radius 1 is 1.13 bits per heavy atom. The van der Waals surface area contributed by atoms with E-state index in [2.05, 4.69) is 39.5 Å². The molecule has 0 aliphatic carbocycles. The van der Waals surface area contributed by atoms with Crippen molar-refractivity contribution in [1.82, 2.24) is 19.7 Å². The van der Waals surface area contributed by atoms with Crippen molar-refractivity contribution in [3.8, 4) is 5.75 Å². The number of thiophene rings is 1. The minimum Gasteiger partial charge on any atom is -0.497 e. The number of anilines is 1. The van der Waals surface area contributed by atoms with Crippen LogP contribution < -0.4 is 10.1 Å². The molecular weight excluding hydrogens is 398 g/mol. The number of benzene rings is 1. The molecule has 30 heavy (non-hydrogen) atoms. The molecular formula is C22H25N5O2S. The number of hydrogen-bond donors (Lipinski definition) is 1. The van der Waals surface area contributed by atoms with E-state index in [0.29, 0.717) is 23.3 Å². The third-order valence-electron chi connectivity index (χ3n) is 6.07. The molecule has 8 heteroatoms. The maximum atomic E-state index is 12.8. The van der Waals surface area contributed by atoms with Crippen LogP contribution in [0.3, 0.4) is 0 Å². The second kappa shape index (κ2) is 7.85. The monoisotopic (exact) mass is 423 g/mol.